The first-order chi connectivity index (χ1) is 27.1. The number of hydrogen-bond acceptors (Lipinski definition) is 1. The highest BCUT2D eigenvalue weighted by Gasteiger charge is 2.54. The molecule has 258 valence electrons. The van der Waals surface area contributed by atoms with E-state index in [0.29, 0.717) is 0 Å². The standard InChI is InChI=1S/C52H37BN2/c1-51(2)40-26-16-27-41-48(40)55-49-42(52(41,34-18-6-3-7-19-34)35-20-8-4-9-21-35)28-17-29-44(49)53(36-22-10-5-11-23-36)45-33-37(32-43(51)50(45)55)54-46-30-14-12-24-38(46)39-25-13-15-31-47(39)54/h3-33H,1-2H3. The van der Waals surface area contributed by atoms with Gasteiger partial charge < -0.3 is 9.47 Å². The zero-order valence-electron chi connectivity index (χ0n) is 30.9. The van der Waals surface area contributed by atoms with Gasteiger partial charge in [0, 0.05) is 33.2 Å². The van der Waals surface area contributed by atoms with Crippen molar-refractivity contribution in [1.29, 1.82) is 0 Å². The Morgan fingerprint density at radius 1 is 0.418 bits per heavy atom. The number of rotatable bonds is 4. The maximum absolute atomic E-state index is 2.68. The summed E-state index contributed by atoms with van der Waals surface area (Å²) in [6.45, 7) is 4.93. The van der Waals surface area contributed by atoms with Gasteiger partial charge in [-0.2, -0.15) is 0 Å². The summed E-state index contributed by atoms with van der Waals surface area (Å²) in [7, 11) is 0. The first-order valence-corrected chi connectivity index (χ1v) is 19.5. The van der Waals surface area contributed by atoms with Crippen molar-refractivity contribution in [2.75, 3.05) is 4.90 Å². The lowest BCUT2D eigenvalue weighted by atomic mass is 9.34. The van der Waals surface area contributed by atoms with Crippen LogP contribution < -0.4 is 21.3 Å². The molecule has 0 amide bonds. The Hall–Kier alpha value is -6.58. The van der Waals surface area contributed by atoms with Crippen LogP contribution in [-0.2, 0) is 10.8 Å². The molecule has 9 aromatic rings. The molecular formula is C52H37BN2. The van der Waals surface area contributed by atoms with Gasteiger partial charge in [0.2, 0.25) is 6.71 Å². The number of aromatic nitrogens is 1. The Balaban J connectivity index is 1.26. The van der Waals surface area contributed by atoms with Gasteiger partial charge >= 0.3 is 0 Å². The highest BCUT2D eigenvalue weighted by atomic mass is 15.2. The first kappa shape index (κ1) is 30.8. The average Bonchev–Trinajstić information content (AvgIpc) is 3.58. The molecule has 0 atom stereocenters. The molecule has 1 aromatic heterocycles. The maximum atomic E-state index is 2.68. The minimum Gasteiger partial charge on any atom is -0.310 e. The number of fused-ring (bicyclic) bond motifs is 3. The van der Waals surface area contributed by atoms with Crippen LogP contribution in [0.4, 0.5) is 17.1 Å². The molecule has 0 bridgehead atoms. The van der Waals surface area contributed by atoms with Crippen molar-refractivity contribution in [3.8, 4) is 5.69 Å². The average molecular weight is 701 g/mol. The van der Waals surface area contributed by atoms with E-state index in [2.05, 4.69) is 211 Å². The Labute approximate surface area is 322 Å². The summed E-state index contributed by atoms with van der Waals surface area (Å²) in [5.74, 6) is 0. The minimum atomic E-state index is -0.523. The molecule has 2 nitrogen and oxygen atoms in total. The molecule has 0 N–H and O–H groups in total. The molecule has 4 heterocycles. The molecule has 0 spiro atoms. The molecule has 0 radical (unpaired) electrons. The third-order valence-corrected chi connectivity index (χ3v) is 13.1. The number of nitrogens with zero attached hydrogens (tertiary/aromatic N) is 2. The third kappa shape index (κ3) is 3.85. The van der Waals surface area contributed by atoms with Gasteiger partial charge in [0.1, 0.15) is 0 Å². The van der Waals surface area contributed by atoms with E-state index in [1.807, 2.05) is 0 Å². The summed E-state index contributed by atoms with van der Waals surface area (Å²) in [6.07, 6.45) is 0. The highest BCUT2D eigenvalue weighted by Crippen LogP contribution is 2.63. The molecular weight excluding hydrogens is 663 g/mol. The Morgan fingerprint density at radius 2 is 0.927 bits per heavy atom. The van der Waals surface area contributed by atoms with Crippen LogP contribution in [0.15, 0.2) is 188 Å². The van der Waals surface area contributed by atoms with E-state index in [1.165, 1.54) is 94.3 Å². The van der Waals surface area contributed by atoms with Gasteiger partial charge in [0.25, 0.3) is 0 Å². The van der Waals surface area contributed by atoms with Crippen LogP contribution in [0.2, 0.25) is 0 Å². The molecule has 12 rings (SSSR count). The van der Waals surface area contributed by atoms with Gasteiger partial charge in [-0.1, -0.05) is 183 Å². The SMILES string of the molecule is CC1(C)c2cc(-n3c4ccccc4c4ccccc43)cc3c2N2c4c(cccc4C(c4ccccc4)(c4ccccc4)c4cccc1c42)B3c1ccccc1. The molecule has 0 saturated heterocycles. The molecule has 3 aliphatic rings. The second-order valence-corrected chi connectivity index (χ2v) is 16.0. The van der Waals surface area contributed by atoms with Crippen molar-refractivity contribution >= 4 is 62.0 Å². The van der Waals surface area contributed by atoms with Crippen LogP contribution in [0, 0.1) is 0 Å². The number of para-hydroxylation sites is 4. The maximum Gasteiger partial charge on any atom is 0.246 e. The predicted molar refractivity (Wildman–Crippen MR) is 231 cm³/mol. The first-order valence-electron chi connectivity index (χ1n) is 19.5. The normalized spacial score (nSPS) is 15.3. The van der Waals surface area contributed by atoms with Crippen LogP contribution in [0.3, 0.4) is 0 Å². The van der Waals surface area contributed by atoms with Crippen molar-refractivity contribution in [3.63, 3.8) is 0 Å². The quantitative estimate of drug-likeness (QED) is 0.166. The molecule has 8 aromatic carbocycles. The minimum absolute atomic E-state index is 0.0287. The lowest BCUT2D eigenvalue weighted by molar-refractivity contribution is 0.620. The lowest BCUT2D eigenvalue weighted by Gasteiger charge is -2.55. The largest absolute Gasteiger partial charge is 0.310 e. The van der Waals surface area contributed by atoms with Crippen molar-refractivity contribution in [2.45, 2.75) is 24.7 Å². The van der Waals surface area contributed by atoms with Crippen molar-refractivity contribution in [1.82, 2.24) is 4.57 Å². The van der Waals surface area contributed by atoms with E-state index in [9.17, 15) is 0 Å². The number of anilines is 3. The van der Waals surface area contributed by atoms with E-state index in [1.54, 1.807) is 0 Å². The van der Waals surface area contributed by atoms with Crippen molar-refractivity contribution < 1.29 is 0 Å². The van der Waals surface area contributed by atoms with Crippen molar-refractivity contribution in [2.24, 2.45) is 0 Å². The molecule has 55 heavy (non-hydrogen) atoms. The van der Waals surface area contributed by atoms with Crippen LogP contribution in [-0.4, -0.2) is 11.3 Å². The highest BCUT2D eigenvalue weighted by molar-refractivity contribution is 6.98. The van der Waals surface area contributed by atoms with Gasteiger partial charge in [-0.3, -0.25) is 0 Å². The fourth-order valence-electron chi connectivity index (χ4n) is 10.8. The monoisotopic (exact) mass is 700 g/mol. The fraction of sp³-hybridized carbons (Fsp3) is 0.0769. The third-order valence-electron chi connectivity index (χ3n) is 13.1. The van der Waals surface area contributed by atoms with Crippen LogP contribution in [0.5, 0.6) is 0 Å². The van der Waals surface area contributed by atoms with Crippen LogP contribution in [0.1, 0.15) is 47.2 Å². The summed E-state index contributed by atoms with van der Waals surface area (Å²) in [4.78, 5) is 2.68. The molecule has 0 fully saturated rings. The van der Waals surface area contributed by atoms with E-state index in [-0.39, 0.29) is 12.1 Å². The Morgan fingerprint density at radius 3 is 1.56 bits per heavy atom. The van der Waals surface area contributed by atoms with E-state index < -0.39 is 5.41 Å². The topological polar surface area (TPSA) is 8.17 Å². The zero-order chi connectivity index (χ0) is 36.5. The summed E-state index contributed by atoms with van der Waals surface area (Å²) in [5.41, 5.74) is 18.8. The summed E-state index contributed by atoms with van der Waals surface area (Å²) in [6, 6.07) is 70.7. The van der Waals surface area contributed by atoms with Gasteiger partial charge in [-0.05, 0) is 68.6 Å². The zero-order valence-corrected chi connectivity index (χ0v) is 30.9. The second-order valence-electron chi connectivity index (χ2n) is 16.0. The molecule has 0 saturated carbocycles. The molecule has 3 aliphatic heterocycles. The van der Waals surface area contributed by atoms with Gasteiger partial charge in [-0.25, -0.2) is 0 Å². The van der Waals surface area contributed by atoms with Gasteiger partial charge in [-0.15, -0.1) is 0 Å². The van der Waals surface area contributed by atoms with Crippen molar-refractivity contribution in [3.05, 3.63) is 221 Å². The van der Waals surface area contributed by atoms with Gasteiger partial charge in [0.05, 0.1) is 22.1 Å². The Kier molecular flexibility index (Phi) is 6.16. The number of hydrogen-bond donors (Lipinski definition) is 0. The second kappa shape index (κ2) is 11.0. The Bertz CT molecular complexity index is 2920. The molecule has 0 unspecified atom stereocenters. The number of benzene rings is 8. The summed E-state index contributed by atoms with van der Waals surface area (Å²) >= 11 is 0. The van der Waals surface area contributed by atoms with Crippen LogP contribution >= 0.6 is 0 Å². The van der Waals surface area contributed by atoms with Gasteiger partial charge in [0.15, 0.2) is 0 Å². The lowest BCUT2D eigenvalue weighted by Crippen LogP contribution is -2.60. The van der Waals surface area contributed by atoms with E-state index in [0.717, 1.165) is 0 Å². The smallest absolute Gasteiger partial charge is 0.246 e. The fourth-order valence-corrected chi connectivity index (χ4v) is 10.8. The van der Waals surface area contributed by atoms with Crippen LogP contribution in [0.25, 0.3) is 27.5 Å². The summed E-state index contributed by atoms with van der Waals surface area (Å²) in [5, 5.41) is 2.56. The van der Waals surface area contributed by atoms with E-state index in [4.69, 9.17) is 0 Å². The van der Waals surface area contributed by atoms with E-state index >= 15 is 0 Å². The predicted octanol–water partition coefficient (Wildman–Crippen LogP) is 10.4. The summed E-state index contributed by atoms with van der Waals surface area (Å²) < 4.78 is 2.50. The molecule has 3 heteroatoms. The molecule has 0 aliphatic carbocycles.